The zero-order chi connectivity index (χ0) is 26.1. The molecule has 1 saturated heterocycles. The Labute approximate surface area is 208 Å². The first-order valence-electron chi connectivity index (χ1n) is 11.4. The molecule has 0 bridgehead atoms. The maximum Gasteiger partial charge on any atom is 0.314 e. The minimum absolute atomic E-state index is 0.0342. The topological polar surface area (TPSA) is 166 Å². The first kappa shape index (κ1) is 24.6. The van der Waals surface area contributed by atoms with Crippen molar-refractivity contribution in [1.29, 1.82) is 0 Å². The smallest absolute Gasteiger partial charge is 0.314 e. The summed E-state index contributed by atoms with van der Waals surface area (Å²) < 4.78 is 27.4. The quantitative estimate of drug-likeness (QED) is 0.180. The van der Waals surface area contributed by atoms with E-state index in [2.05, 4.69) is 15.0 Å². The lowest BCUT2D eigenvalue weighted by atomic mass is 10.1. The third kappa shape index (κ3) is 4.72. The number of ether oxygens (including phenoxy) is 2. The highest BCUT2D eigenvalue weighted by molar-refractivity contribution is 5.81. The van der Waals surface area contributed by atoms with Crippen LogP contribution in [0.1, 0.15) is 11.8 Å². The minimum atomic E-state index is -1.46. The van der Waals surface area contributed by atoms with Gasteiger partial charge in [0.15, 0.2) is 17.4 Å². The van der Waals surface area contributed by atoms with E-state index >= 15 is 0 Å². The number of aliphatic hydroxyl groups excluding tert-OH is 3. The van der Waals surface area contributed by atoms with Crippen LogP contribution in [0.4, 0.5) is 10.1 Å². The van der Waals surface area contributed by atoms with E-state index in [0.29, 0.717) is 12.0 Å². The molecule has 4 aromatic rings. The van der Waals surface area contributed by atoms with E-state index in [1.807, 2.05) is 0 Å². The average Bonchev–Trinajstić information content (AvgIpc) is 3.41. The molecule has 5 rings (SSSR count). The average molecular weight is 511 g/mol. The van der Waals surface area contributed by atoms with Gasteiger partial charge < -0.3 is 24.8 Å². The molecule has 2 aromatic carbocycles. The van der Waals surface area contributed by atoms with Crippen LogP contribution in [0.3, 0.4) is 0 Å². The fraction of sp³-hybridized carbons (Fsp3) is 0.292. The molecule has 3 heterocycles. The van der Waals surface area contributed by atoms with Gasteiger partial charge in [0.05, 0.1) is 18.1 Å². The molecule has 1 aliphatic heterocycles. The molecule has 1 aliphatic rings. The lowest BCUT2D eigenvalue weighted by Crippen LogP contribution is -2.33. The van der Waals surface area contributed by atoms with Gasteiger partial charge in [0.25, 0.3) is 5.69 Å². The third-order valence-electron chi connectivity index (χ3n) is 6.06. The van der Waals surface area contributed by atoms with Crippen LogP contribution >= 0.6 is 0 Å². The van der Waals surface area contributed by atoms with E-state index in [1.54, 1.807) is 42.5 Å². The van der Waals surface area contributed by atoms with Gasteiger partial charge in [-0.1, -0.05) is 42.5 Å². The Morgan fingerprint density at radius 2 is 1.78 bits per heavy atom. The van der Waals surface area contributed by atoms with Gasteiger partial charge in [0, 0.05) is 24.1 Å². The second-order valence-electron chi connectivity index (χ2n) is 8.39. The molecule has 37 heavy (non-hydrogen) atoms. The maximum atomic E-state index is 14.6. The molecule has 1 fully saturated rings. The lowest BCUT2D eigenvalue weighted by molar-refractivity contribution is -0.384. The number of fused-ring (bicyclic) bond motifs is 1. The summed E-state index contributed by atoms with van der Waals surface area (Å²) in [4.78, 5) is 22.5. The van der Waals surface area contributed by atoms with Gasteiger partial charge in [-0.15, -0.1) is 0 Å². The number of aromatic nitrogens is 4. The van der Waals surface area contributed by atoms with Crippen molar-refractivity contribution in [1.82, 2.24) is 19.5 Å². The fourth-order valence-corrected chi connectivity index (χ4v) is 4.20. The predicted octanol–water partition coefficient (Wildman–Crippen LogP) is 1.77. The van der Waals surface area contributed by atoms with Crippen LogP contribution in [0, 0.1) is 16.2 Å². The van der Waals surface area contributed by atoms with Crippen molar-refractivity contribution in [2.75, 3.05) is 13.2 Å². The monoisotopic (exact) mass is 511 g/mol. The molecule has 2 aromatic heterocycles. The summed E-state index contributed by atoms with van der Waals surface area (Å²) >= 11 is 0. The van der Waals surface area contributed by atoms with Crippen molar-refractivity contribution in [3.8, 4) is 17.3 Å². The van der Waals surface area contributed by atoms with Gasteiger partial charge in [-0.05, 0) is 5.56 Å². The summed E-state index contributed by atoms with van der Waals surface area (Å²) in [7, 11) is 0. The van der Waals surface area contributed by atoms with Crippen LogP contribution < -0.4 is 4.74 Å². The summed E-state index contributed by atoms with van der Waals surface area (Å²) in [5.41, 5.74) is 1.38. The molecular formula is C24H22FN5O7. The van der Waals surface area contributed by atoms with Gasteiger partial charge in [-0.25, -0.2) is 4.98 Å². The molecule has 3 N–H and O–H groups in total. The molecule has 13 heteroatoms. The number of benzene rings is 2. The highest BCUT2D eigenvalue weighted by Crippen LogP contribution is 2.37. The number of hydrogen-bond acceptors (Lipinski definition) is 10. The van der Waals surface area contributed by atoms with Gasteiger partial charge in [0.1, 0.15) is 24.1 Å². The number of nitro benzene ring substituents is 1. The number of rotatable bonds is 8. The van der Waals surface area contributed by atoms with Gasteiger partial charge in [0.2, 0.25) is 5.88 Å². The normalized spacial score (nSPS) is 21.4. The Balaban J connectivity index is 1.51. The van der Waals surface area contributed by atoms with E-state index in [1.165, 1.54) is 16.7 Å². The fourth-order valence-electron chi connectivity index (χ4n) is 4.20. The van der Waals surface area contributed by atoms with Gasteiger partial charge in [-0.2, -0.15) is 14.4 Å². The van der Waals surface area contributed by atoms with Crippen LogP contribution in [0.5, 0.6) is 5.88 Å². The number of hydrogen-bond donors (Lipinski definition) is 3. The Kier molecular flexibility index (Phi) is 6.76. The summed E-state index contributed by atoms with van der Waals surface area (Å²) in [6, 6.07) is 14.8. The third-order valence-corrected chi connectivity index (χ3v) is 6.06. The maximum absolute atomic E-state index is 14.6. The summed E-state index contributed by atoms with van der Waals surface area (Å²) in [5, 5.41) is 41.4. The number of halogens is 1. The minimum Gasteiger partial charge on any atom is -0.476 e. The van der Waals surface area contributed by atoms with Crippen LogP contribution in [-0.4, -0.2) is 71.3 Å². The molecule has 12 nitrogen and oxygen atoms in total. The van der Waals surface area contributed by atoms with E-state index in [-0.39, 0.29) is 35.2 Å². The number of imidazole rings is 1. The molecule has 0 aliphatic carbocycles. The molecule has 0 radical (unpaired) electrons. The van der Waals surface area contributed by atoms with E-state index in [9.17, 15) is 29.8 Å². The van der Waals surface area contributed by atoms with Crippen LogP contribution in [0.15, 0.2) is 54.6 Å². The second kappa shape index (κ2) is 10.1. The zero-order valence-electron chi connectivity index (χ0n) is 19.2. The standard InChI is InChI=1S/C24H22FN5O7/c25-24-27-21-17(22(28-24)36-11-10-13-6-8-15(9-7-13)30(34)35)26-20(14-4-2-1-3-5-14)29(21)23-19(33)18(32)16(12-31)37-23/h1-9,16,18-19,23,31-33H,10-12H2/t16-,18-,19-,23?/m1/s1. The molecular weight excluding hydrogens is 489 g/mol. The Morgan fingerprint density at radius 3 is 2.43 bits per heavy atom. The van der Waals surface area contributed by atoms with Gasteiger partial charge in [-0.3, -0.25) is 14.7 Å². The molecule has 0 amide bonds. The van der Waals surface area contributed by atoms with E-state index in [4.69, 9.17) is 9.47 Å². The van der Waals surface area contributed by atoms with Crippen molar-refractivity contribution in [3.05, 3.63) is 76.4 Å². The van der Waals surface area contributed by atoms with Crippen molar-refractivity contribution in [3.63, 3.8) is 0 Å². The number of nitro groups is 1. The summed E-state index contributed by atoms with van der Waals surface area (Å²) in [6.07, 6.45) is -5.89. The number of aliphatic hydroxyl groups is 3. The van der Waals surface area contributed by atoms with Crippen LogP contribution in [-0.2, 0) is 11.2 Å². The Morgan fingerprint density at radius 1 is 1.05 bits per heavy atom. The summed E-state index contributed by atoms with van der Waals surface area (Å²) in [6.45, 7) is -0.479. The molecule has 0 saturated carbocycles. The highest BCUT2D eigenvalue weighted by Gasteiger charge is 2.45. The molecule has 1 unspecified atom stereocenters. The first-order valence-corrected chi connectivity index (χ1v) is 11.4. The first-order chi connectivity index (χ1) is 17.9. The predicted molar refractivity (Wildman–Crippen MR) is 126 cm³/mol. The van der Waals surface area contributed by atoms with Crippen molar-refractivity contribution < 1.29 is 34.1 Å². The van der Waals surface area contributed by atoms with Crippen molar-refractivity contribution in [2.45, 2.75) is 31.0 Å². The van der Waals surface area contributed by atoms with Crippen LogP contribution in [0.2, 0.25) is 0 Å². The highest BCUT2D eigenvalue weighted by atomic mass is 19.1. The second-order valence-corrected chi connectivity index (χ2v) is 8.39. The van der Waals surface area contributed by atoms with E-state index in [0.717, 1.165) is 5.56 Å². The Hall–Kier alpha value is -4.04. The molecule has 192 valence electrons. The Bertz CT molecular complexity index is 1420. The van der Waals surface area contributed by atoms with E-state index < -0.39 is 42.1 Å². The SMILES string of the molecule is O=[N+]([O-])c1ccc(CCOc2nc(F)nc3c2nc(-c2ccccc2)n3C2O[C@H](CO)[C@@H](O)[C@H]2O)cc1. The molecule has 4 atom stereocenters. The zero-order valence-corrected chi connectivity index (χ0v) is 19.2. The molecule has 0 spiro atoms. The van der Waals surface area contributed by atoms with Crippen molar-refractivity contribution in [2.24, 2.45) is 0 Å². The lowest BCUT2D eigenvalue weighted by Gasteiger charge is -2.19. The largest absolute Gasteiger partial charge is 0.476 e. The number of nitrogens with zero attached hydrogens (tertiary/aromatic N) is 5. The van der Waals surface area contributed by atoms with Crippen LogP contribution in [0.25, 0.3) is 22.6 Å². The van der Waals surface area contributed by atoms with Crippen molar-refractivity contribution >= 4 is 16.9 Å². The number of non-ortho nitro benzene ring substituents is 1. The van der Waals surface area contributed by atoms with Gasteiger partial charge >= 0.3 is 6.08 Å². The summed E-state index contributed by atoms with van der Waals surface area (Å²) in [5.74, 6) is 0.109.